The summed E-state index contributed by atoms with van der Waals surface area (Å²) in [7, 11) is 1.81. The van der Waals surface area contributed by atoms with Crippen molar-refractivity contribution in [1.82, 2.24) is 14.7 Å². The smallest absolute Gasteiger partial charge is 0.274 e. The molecule has 2 rings (SSSR count). The Morgan fingerprint density at radius 2 is 2.10 bits per heavy atom. The molecule has 0 aliphatic carbocycles. The lowest BCUT2D eigenvalue weighted by molar-refractivity contribution is 0.0382. The van der Waals surface area contributed by atoms with Crippen molar-refractivity contribution in [3.63, 3.8) is 0 Å². The molecule has 20 heavy (non-hydrogen) atoms. The van der Waals surface area contributed by atoms with Gasteiger partial charge in [-0.3, -0.25) is 9.48 Å². The van der Waals surface area contributed by atoms with Crippen LogP contribution in [0.25, 0.3) is 0 Å². The van der Waals surface area contributed by atoms with Gasteiger partial charge in [0.25, 0.3) is 5.91 Å². The Bertz CT molecular complexity index is 448. The second kappa shape index (κ2) is 6.39. The second-order valence-electron chi connectivity index (χ2n) is 6.20. The number of nitrogens with zero attached hydrogens (tertiary/aromatic N) is 3. The van der Waals surface area contributed by atoms with Gasteiger partial charge in [-0.1, -0.05) is 13.8 Å². The zero-order valence-corrected chi connectivity index (χ0v) is 12.6. The molecule has 1 fully saturated rings. The number of aromatic nitrogens is 2. The van der Waals surface area contributed by atoms with Gasteiger partial charge >= 0.3 is 0 Å². The van der Waals surface area contributed by atoms with Crippen molar-refractivity contribution in [2.45, 2.75) is 39.2 Å². The van der Waals surface area contributed by atoms with Crippen molar-refractivity contribution in [2.24, 2.45) is 18.9 Å². The molecule has 1 saturated heterocycles. The minimum absolute atomic E-state index is 0.00222. The lowest BCUT2D eigenvalue weighted by Crippen LogP contribution is -2.41. The summed E-state index contributed by atoms with van der Waals surface area (Å²) in [6.07, 6.45) is 4.16. The molecule has 0 spiro atoms. The van der Waals surface area contributed by atoms with Crippen molar-refractivity contribution in [1.29, 1.82) is 0 Å². The van der Waals surface area contributed by atoms with E-state index in [1.54, 1.807) is 16.9 Å². The van der Waals surface area contributed by atoms with Gasteiger partial charge in [-0.2, -0.15) is 5.10 Å². The van der Waals surface area contributed by atoms with Gasteiger partial charge in [0.2, 0.25) is 0 Å². The highest BCUT2D eigenvalue weighted by Gasteiger charge is 2.28. The Morgan fingerprint density at radius 3 is 2.60 bits per heavy atom. The highest BCUT2D eigenvalue weighted by molar-refractivity contribution is 5.92. The molecule has 1 aromatic rings. The van der Waals surface area contributed by atoms with Gasteiger partial charge in [0.15, 0.2) is 0 Å². The first kappa shape index (κ1) is 15.0. The summed E-state index contributed by atoms with van der Waals surface area (Å²) in [5.41, 5.74) is 0.508. The maximum Gasteiger partial charge on any atom is 0.274 e. The average molecular weight is 279 g/mol. The SMILES string of the molecule is CC(C)C[C@@H](O)C1CCN(C(=O)c2ccn(C)n2)CC1. The van der Waals surface area contributed by atoms with Crippen molar-refractivity contribution in [3.05, 3.63) is 18.0 Å². The van der Waals surface area contributed by atoms with E-state index in [1.807, 2.05) is 11.9 Å². The number of hydrogen-bond donors (Lipinski definition) is 1. The van der Waals surface area contributed by atoms with E-state index >= 15 is 0 Å². The Labute approximate surface area is 120 Å². The topological polar surface area (TPSA) is 58.4 Å². The largest absolute Gasteiger partial charge is 0.393 e. The number of aliphatic hydroxyl groups excluding tert-OH is 1. The monoisotopic (exact) mass is 279 g/mol. The highest BCUT2D eigenvalue weighted by Crippen LogP contribution is 2.25. The third-order valence-corrected chi connectivity index (χ3v) is 4.02. The molecular formula is C15H25N3O2. The van der Waals surface area contributed by atoms with E-state index in [2.05, 4.69) is 18.9 Å². The third-order valence-electron chi connectivity index (χ3n) is 4.02. The van der Waals surface area contributed by atoms with Crippen molar-refractivity contribution >= 4 is 5.91 Å². The Balaban J connectivity index is 1.86. The number of carbonyl (C=O) groups is 1. The summed E-state index contributed by atoms with van der Waals surface area (Å²) in [4.78, 5) is 14.1. The Morgan fingerprint density at radius 1 is 1.45 bits per heavy atom. The van der Waals surface area contributed by atoms with Crippen LogP contribution in [0.15, 0.2) is 12.3 Å². The first-order valence-corrected chi connectivity index (χ1v) is 7.44. The molecule has 0 saturated carbocycles. The maximum atomic E-state index is 12.3. The molecule has 0 unspecified atom stereocenters. The molecule has 2 heterocycles. The third kappa shape index (κ3) is 3.60. The van der Waals surface area contributed by atoms with Gasteiger partial charge in [-0.15, -0.1) is 0 Å². The fourth-order valence-electron chi connectivity index (χ4n) is 2.85. The van der Waals surface area contributed by atoms with Crippen LogP contribution in [0.1, 0.15) is 43.6 Å². The Hall–Kier alpha value is -1.36. The van der Waals surface area contributed by atoms with Crippen LogP contribution in [0.5, 0.6) is 0 Å². The van der Waals surface area contributed by atoms with E-state index in [0.29, 0.717) is 17.5 Å². The van der Waals surface area contributed by atoms with Gasteiger partial charge in [0, 0.05) is 26.3 Å². The molecule has 1 N–H and O–H groups in total. The van der Waals surface area contributed by atoms with Crippen LogP contribution in [-0.4, -0.2) is 44.9 Å². The minimum Gasteiger partial charge on any atom is -0.393 e. The molecule has 1 amide bonds. The van der Waals surface area contributed by atoms with E-state index in [0.717, 1.165) is 32.4 Å². The van der Waals surface area contributed by atoms with Gasteiger partial charge in [0.05, 0.1) is 6.10 Å². The molecular weight excluding hydrogens is 254 g/mol. The summed E-state index contributed by atoms with van der Waals surface area (Å²) in [5.74, 6) is 0.839. The normalized spacial score (nSPS) is 18.6. The second-order valence-corrected chi connectivity index (χ2v) is 6.20. The molecule has 5 nitrogen and oxygen atoms in total. The quantitative estimate of drug-likeness (QED) is 0.912. The van der Waals surface area contributed by atoms with E-state index in [1.165, 1.54) is 0 Å². The first-order valence-electron chi connectivity index (χ1n) is 7.44. The summed E-state index contributed by atoms with van der Waals surface area (Å²) < 4.78 is 1.65. The van der Waals surface area contributed by atoms with E-state index < -0.39 is 0 Å². The van der Waals surface area contributed by atoms with Crippen molar-refractivity contribution in [2.75, 3.05) is 13.1 Å². The number of aryl methyl sites for hydroxylation is 1. The molecule has 112 valence electrons. The highest BCUT2D eigenvalue weighted by atomic mass is 16.3. The maximum absolute atomic E-state index is 12.3. The first-order chi connectivity index (χ1) is 9.47. The van der Waals surface area contributed by atoms with Gasteiger partial charge in [-0.25, -0.2) is 0 Å². The van der Waals surface area contributed by atoms with Crippen molar-refractivity contribution in [3.8, 4) is 0 Å². The summed E-state index contributed by atoms with van der Waals surface area (Å²) >= 11 is 0. The fourth-order valence-corrected chi connectivity index (χ4v) is 2.85. The zero-order valence-electron chi connectivity index (χ0n) is 12.6. The fraction of sp³-hybridized carbons (Fsp3) is 0.733. The standard InChI is InChI=1S/C15H25N3O2/c1-11(2)10-14(19)12-4-8-18(9-5-12)15(20)13-6-7-17(3)16-13/h6-7,11-12,14,19H,4-5,8-10H2,1-3H3/t14-/m1/s1. The lowest BCUT2D eigenvalue weighted by atomic mass is 9.87. The summed E-state index contributed by atoms with van der Waals surface area (Å²) in [6, 6.07) is 1.75. The van der Waals surface area contributed by atoms with Crippen LogP contribution in [-0.2, 0) is 7.05 Å². The van der Waals surface area contributed by atoms with Crippen LogP contribution in [0.3, 0.4) is 0 Å². The van der Waals surface area contributed by atoms with Gasteiger partial charge in [0.1, 0.15) is 5.69 Å². The van der Waals surface area contributed by atoms with Crippen molar-refractivity contribution < 1.29 is 9.90 Å². The average Bonchev–Trinajstić information content (AvgIpc) is 2.84. The molecule has 1 aromatic heterocycles. The van der Waals surface area contributed by atoms with Crippen LogP contribution >= 0.6 is 0 Å². The molecule has 0 aromatic carbocycles. The number of hydrogen-bond acceptors (Lipinski definition) is 3. The molecule has 1 atom stereocenters. The predicted octanol–water partition coefficient (Wildman–Crippen LogP) is 1.68. The van der Waals surface area contributed by atoms with E-state index in [9.17, 15) is 9.90 Å². The molecule has 1 aliphatic rings. The number of rotatable bonds is 4. The van der Waals surface area contributed by atoms with Crippen LogP contribution < -0.4 is 0 Å². The lowest BCUT2D eigenvalue weighted by Gasteiger charge is -2.34. The Kier molecular flexibility index (Phi) is 4.81. The van der Waals surface area contributed by atoms with Crippen LogP contribution in [0.4, 0.5) is 0 Å². The number of piperidine rings is 1. The van der Waals surface area contributed by atoms with Crippen LogP contribution in [0.2, 0.25) is 0 Å². The summed E-state index contributed by atoms with van der Waals surface area (Å²) in [6.45, 7) is 5.69. The number of likely N-dealkylation sites (tertiary alicyclic amines) is 1. The van der Waals surface area contributed by atoms with Gasteiger partial charge in [-0.05, 0) is 37.2 Å². The van der Waals surface area contributed by atoms with Crippen LogP contribution in [0, 0.1) is 11.8 Å². The van der Waals surface area contributed by atoms with Gasteiger partial charge < -0.3 is 10.0 Å². The molecule has 5 heteroatoms. The number of carbonyl (C=O) groups excluding carboxylic acids is 1. The molecule has 1 aliphatic heterocycles. The predicted molar refractivity (Wildman–Crippen MR) is 77.3 cm³/mol. The number of aliphatic hydroxyl groups is 1. The molecule has 0 bridgehead atoms. The number of amides is 1. The van der Waals surface area contributed by atoms with E-state index in [-0.39, 0.29) is 12.0 Å². The van der Waals surface area contributed by atoms with E-state index in [4.69, 9.17) is 0 Å². The molecule has 0 radical (unpaired) electrons. The summed E-state index contributed by atoms with van der Waals surface area (Å²) in [5, 5.41) is 14.3. The minimum atomic E-state index is -0.234. The zero-order chi connectivity index (χ0) is 14.7.